The molecule has 0 bridgehead atoms. The fourth-order valence-corrected chi connectivity index (χ4v) is 10.9. The monoisotopic (exact) mass is 469 g/mol. The summed E-state index contributed by atoms with van der Waals surface area (Å²) in [5.74, 6) is 0. The minimum Gasteiger partial charge on any atom is -0.207 e. The first kappa shape index (κ1) is 14.9. The molecule has 0 fully saturated rings. The third-order valence-corrected chi connectivity index (χ3v) is 11.4. The maximum Gasteiger partial charge on any atom is 0.244 e. The molecule has 0 aromatic heterocycles. The van der Waals surface area contributed by atoms with Crippen molar-refractivity contribution in [1.29, 1.82) is 0 Å². The van der Waals surface area contributed by atoms with Crippen molar-refractivity contribution >= 4 is 57.5 Å². The minimum atomic E-state index is -3.25. The average molecular weight is 469 g/mol. The molecule has 1 aliphatic heterocycles. The Balaban J connectivity index is 3.14. The van der Waals surface area contributed by atoms with Crippen molar-refractivity contribution < 1.29 is 8.42 Å². The van der Waals surface area contributed by atoms with Crippen molar-refractivity contribution in [3.05, 3.63) is 8.99 Å². The van der Waals surface area contributed by atoms with Gasteiger partial charge < -0.3 is 0 Å². The zero-order chi connectivity index (χ0) is 12.3. The second-order valence-electron chi connectivity index (χ2n) is 3.98. The molecule has 0 saturated heterocycles. The van der Waals surface area contributed by atoms with E-state index in [2.05, 4.69) is 2.02 Å². The Morgan fingerprint density at radius 3 is 2.06 bits per heavy atom. The van der Waals surface area contributed by atoms with E-state index in [9.17, 15) is 8.42 Å². The van der Waals surface area contributed by atoms with Crippen LogP contribution in [0, 0.1) is 0 Å². The van der Waals surface area contributed by atoms with Crippen LogP contribution in [0.15, 0.2) is 8.99 Å². The molecule has 6 heteroatoms. The van der Waals surface area contributed by atoms with Crippen LogP contribution in [-0.2, 0) is 10.0 Å². The molecule has 16 heavy (non-hydrogen) atoms. The summed E-state index contributed by atoms with van der Waals surface area (Å²) >= 11 is -0.264. The first-order chi connectivity index (χ1) is 7.37. The van der Waals surface area contributed by atoms with Crippen molar-refractivity contribution in [2.24, 2.45) is 0 Å². The summed E-state index contributed by atoms with van der Waals surface area (Å²) in [5.41, 5.74) is 0. The van der Waals surface area contributed by atoms with E-state index in [0.29, 0.717) is 4.91 Å². The molecule has 0 saturated carbocycles. The second kappa shape index (κ2) is 6.14. The number of sulfonamides is 1. The van der Waals surface area contributed by atoms with Crippen molar-refractivity contribution in [1.82, 2.24) is 4.31 Å². The van der Waals surface area contributed by atoms with E-state index in [-0.39, 0.29) is 53.5 Å². The van der Waals surface area contributed by atoms with Gasteiger partial charge in [0, 0.05) is 14.1 Å². The van der Waals surface area contributed by atoms with Gasteiger partial charge in [-0.05, 0) is 35.8 Å². The average Bonchev–Trinajstić information content (AvgIpc) is 2.17. The van der Waals surface area contributed by atoms with Gasteiger partial charge in [-0.1, -0.05) is 41.5 Å². The molecule has 0 unspecified atom stereocenters. The number of rotatable bonds is 4. The molecule has 3 nitrogen and oxygen atoms in total. The van der Waals surface area contributed by atoms with Crippen molar-refractivity contribution in [3.8, 4) is 0 Å². The Bertz CT molecular complexity index is 428. The predicted molar refractivity (Wildman–Crippen MR) is 89.3 cm³/mol. The van der Waals surface area contributed by atoms with E-state index >= 15 is 0 Å². The van der Waals surface area contributed by atoms with Gasteiger partial charge in [-0.3, -0.25) is 0 Å². The van der Waals surface area contributed by atoms with E-state index in [0.717, 1.165) is 0 Å². The lowest BCUT2D eigenvalue weighted by Gasteiger charge is -2.29. The number of nitrogens with zero attached hydrogens (tertiary/aromatic N) is 1. The molecule has 0 amide bonds. The number of hydrogen-bond donors (Lipinski definition) is 0. The highest BCUT2D eigenvalue weighted by Gasteiger charge is 2.30. The summed E-state index contributed by atoms with van der Waals surface area (Å²) in [6.45, 7) is 7.71. The highest BCUT2D eigenvalue weighted by Crippen LogP contribution is 2.24. The first-order valence-corrected chi connectivity index (χ1v) is 11.4. The molecule has 0 N–H and O–H groups in total. The van der Waals surface area contributed by atoms with Crippen LogP contribution in [0.2, 0.25) is 0 Å². The van der Waals surface area contributed by atoms with Gasteiger partial charge in [-0.25, -0.2) is 8.42 Å². The van der Waals surface area contributed by atoms with E-state index < -0.39 is 10.0 Å². The zero-order valence-corrected chi connectivity index (χ0v) is 14.9. The molecular weight excluding hydrogens is 452 g/mol. The zero-order valence-electron chi connectivity index (χ0n) is 9.81. The fraction of sp³-hybridized carbons (Fsp3) is 0.600. The molecule has 94 valence electrons. The Labute approximate surface area is 118 Å². The van der Waals surface area contributed by atoms with Gasteiger partial charge in [0.05, 0.1) is 4.91 Å². The minimum absolute atomic E-state index is 0.0154. The maximum atomic E-state index is 12.4. The summed E-state index contributed by atoms with van der Waals surface area (Å²) < 4.78 is 32.6. The van der Waals surface area contributed by atoms with Crippen LogP contribution >= 0.6 is 41.5 Å². The lowest BCUT2D eigenvalue weighted by Crippen LogP contribution is -2.42. The third kappa shape index (κ3) is 3.42. The fourth-order valence-electron chi connectivity index (χ4n) is 1.61. The van der Waals surface area contributed by atoms with Gasteiger partial charge in [0.25, 0.3) is 0 Å². The number of hydrogen-bond acceptors (Lipinski definition) is 2. The van der Waals surface area contributed by atoms with Crippen LogP contribution in [0.25, 0.3) is 0 Å². The first-order valence-electron chi connectivity index (χ1n) is 5.00. The standard InChI is InChI=1S/C10H17I2NO2S/c1-8(2)13(9(3)4)16(14,15)10-5-11-7-12-6-10/h5-9H,1-4H3. The Kier molecular flexibility index (Phi) is 5.73. The van der Waals surface area contributed by atoms with Crippen LogP contribution in [0.1, 0.15) is 27.7 Å². The van der Waals surface area contributed by atoms with Gasteiger partial charge in [0.2, 0.25) is 10.0 Å². The molecule has 1 heterocycles. The maximum absolute atomic E-state index is 12.4. The normalized spacial score (nSPS) is 17.3. The SMILES string of the molecule is CC(C)N(C(C)C)S(=O)(=O)C1=CI=CI=C1. The van der Waals surface area contributed by atoms with Gasteiger partial charge in [0.1, 0.15) is 0 Å². The second-order valence-corrected chi connectivity index (χ2v) is 12.1. The summed E-state index contributed by atoms with van der Waals surface area (Å²) in [6.07, 6.45) is 0. The molecule has 0 spiro atoms. The Morgan fingerprint density at radius 1 is 1.12 bits per heavy atom. The van der Waals surface area contributed by atoms with Crippen LogP contribution in [0.5, 0.6) is 0 Å². The van der Waals surface area contributed by atoms with Crippen molar-refractivity contribution in [2.45, 2.75) is 39.8 Å². The highest BCUT2D eigenvalue weighted by atomic mass is 127. The summed E-state index contributed by atoms with van der Waals surface area (Å²) in [7, 11) is -3.25. The molecule has 1 rings (SSSR count). The molecule has 0 radical (unpaired) electrons. The van der Waals surface area contributed by atoms with Crippen LogP contribution in [0.4, 0.5) is 0 Å². The van der Waals surface area contributed by atoms with Crippen molar-refractivity contribution in [3.63, 3.8) is 0 Å². The molecule has 0 atom stereocenters. The Hall–Kier alpha value is 0.850. The molecule has 0 aliphatic carbocycles. The highest BCUT2D eigenvalue weighted by molar-refractivity contribution is 14.3. The topological polar surface area (TPSA) is 37.4 Å². The smallest absolute Gasteiger partial charge is 0.207 e. The largest absolute Gasteiger partial charge is 0.244 e. The van der Waals surface area contributed by atoms with E-state index in [4.69, 9.17) is 0 Å². The Morgan fingerprint density at radius 2 is 1.69 bits per heavy atom. The lowest BCUT2D eigenvalue weighted by atomic mass is 10.3. The molecular formula is C10H17I2NO2S. The molecule has 0 aromatic rings. The lowest BCUT2D eigenvalue weighted by molar-refractivity contribution is 0.306. The van der Waals surface area contributed by atoms with Crippen LogP contribution < -0.4 is 0 Å². The van der Waals surface area contributed by atoms with Gasteiger partial charge in [-0.2, -0.15) is 4.31 Å². The third-order valence-electron chi connectivity index (χ3n) is 2.03. The van der Waals surface area contributed by atoms with Gasteiger partial charge in [0.15, 0.2) is 0 Å². The van der Waals surface area contributed by atoms with E-state index in [1.807, 2.05) is 35.8 Å². The summed E-state index contributed by atoms with van der Waals surface area (Å²) in [6, 6.07) is 0.0308. The van der Waals surface area contributed by atoms with Gasteiger partial charge >= 0.3 is 0 Å². The van der Waals surface area contributed by atoms with E-state index in [1.165, 1.54) is 0 Å². The van der Waals surface area contributed by atoms with E-state index in [1.54, 1.807) is 4.31 Å². The van der Waals surface area contributed by atoms with Crippen LogP contribution in [-0.4, -0.2) is 30.8 Å². The van der Waals surface area contributed by atoms with Crippen LogP contribution in [0.3, 0.4) is 0 Å². The number of allylic oxidation sites excluding steroid dienone is 1. The van der Waals surface area contributed by atoms with Crippen molar-refractivity contribution in [2.75, 3.05) is 0 Å². The molecule has 0 aromatic carbocycles. The quantitative estimate of drug-likeness (QED) is 0.595. The summed E-state index contributed by atoms with van der Waals surface area (Å²) in [4.78, 5) is 0.568. The predicted octanol–water partition coefficient (Wildman–Crippen LogP) is 2.79. The summed E-state index contributed by atoms with van der Waals surface area (Å²) in [5, 5.41) is 0. The number of halogens is 2. The molecule has 1 aliphatic rings. The van der Waals surface area contributed by atoms with Gasteiger partial charge in [-0.15, -0.1) is 0 Å².